The molecular formula is C49H30N2S2. The molecule has 1 unspecified atom stereocenters. The van der Waals surface area contributed by atoms with Gasteiger partial charge in [0.1, 0.15) is 0 Å². The van der Waals surface area contributed by atoms with E-state index in [0.717, 1.165) is 28.1 Å². The molecule has 248 valence electrons. The lowest BCUT2D eigenvalue weighted by atomic mass is 9.67. The molecule has 4 heteroatoms. The van der Waals surface area contributed by atoms with E-state index in [0.29, 0.717) is 5.82 Å². The second kappa shape index (κ2) is 12.0. The van der Waals surface area contributed by atoms with Crippen LogP contribution >= 0.6 is 23.1 Å². The Morgan fingerprint density at radius 2 is 1.04 bits per heavy atom. The van der Waals surface area contributed by atoms with Crippen LogP contribution in [0.2, 0.25) is 0 Å². The van der Waals surface area contributed by atoms with Gasteiger partial charge in [0.25, 0.3) is 0 Å². The molecule has 1 spiro atoms. The fraction of sp³-hybridized carbons (Fsp3) is 0.0204. The maximum atomic E-state index is 5.28. The highest BCUT2D eigenvalue weighted by Gasteiger charge is 2.50. The summed E-state index contributed by atoms with van der Waals surface area (Å²) in [6.45, 7) is 0. The highest BCUT2D eigenvalue weighted by molar-refractivity contribution is 7.99. The third kappa shape index (κ3) is 4.66. The van der Waals surface area contributed by atoms with E-state index >= 15 is 0 Å². The van der Waals surface area contributed by atoms with Crippen molar-refractivity contribution in [3.63, 3.8) is 0 Å². The summed E-state index contributed by atoms with van der Waals surface area (Å²) in [5, 5.41) is 3.52. The van der Waals surface area contributed by atoms with E-state index in [2.05, 4.69) is 175 Å². The quantitative estimate of drug-likeness (QED) is 0.182. The van der Waals surface area contributed by atoms with Crippen molar-refractivity contribution in [1.29, 1.82) is 0 Å². The molecule has 1 aliphatic heterocycles. The van der Waals surface area contributed by atoms with Gasteiger partial charge >= 0.3 is 0 Å². The van der Waals surface area contributed by atoms with Gasteiger partial charge in [0.2, 0.25) is 0 Å². The Kier molecular flexibility index (Phi) is 6.91. The number of hydrogen-bond acceptors (Lipinski definition) is 4. The van der Waals surface area contributed by atoms with Crippen LogP contribution in [0.4, 0.5) is 0 Å². The molecule has 0 saturated heterocycles. The second-order valence-electron chi connectivity index (χ2n) is 13.7. The Hall–Kier alpha value is -6.07. The summed E-state index contributed by atoms with van der Waals surface area (Å²) in [7, 11) is 0. The average Bonchev–Trinajstić information content (AvgIpc) is 3.83. The van der Waals surface area contributed by atoms with Crippen LogP contribution in [-0.2, 0) is 5.41 Å². The van der Waals surface area contributed by atoms with Crippen molar-refractivity contribution in [3.8, 4) is 56.2 Å². The van der Waals surface area contributed by atoms with Gasteiger partial charge in [0, 0.05) is 36.7 Å². The van der Waals surface area contributed by atoms with Crippen molar-refractivity contribution in [1.82, 2.24) is 9.97 Å². The molecule has 0 radical (unpaired) electrons. The first-order valence-corrected chi connectivity index (χ1v) is 19.6. The minimum absolute atomic E-state index is 0.470. The van der Waals surface area contributed by atoms with E-state index in [9.17, 15) is 0 Å². The van der Waals surface area contributed by atoms with E-state index in [1.165, 1.54) is 64.4 Å². The van der Waals surface area contributed by atoms with Crippen molar-refractivity contribution in [2.75, 3.05) is 0 Å². The van der Waals surface area contributed by atoms with Crippen molar-refractivity contribution >= 4 is 33.2 Å². The lowest BCUT2D eigenvalue weighted by Crippen LogP contribution is -2.32. The van der Waals surface area contributed by atoms with E-state index in [4.69, 9.17) is 9.97 Å². The number of fused-ring (bicyclic) bond motifs is 11. The van der Waals surface area contributed by atoms with E-state index in [1.807, 2.05) is 29.2 Å². The third-order valence-corrected chi connectivity index (χ3v) is 13.0. The van der Waals surface area contributed by atoms with E-state index in [-0.39, 0.29) is 0 Å². The van der Waals surface area contributed by atoms with Crippen LogP contribution in [0.15, 0.2) is 191 Å². The number of benzene rings is 7. The molecular weight excluding hydrogens is 681 g/mol. The van der Waals surface area contributed by atoms with Crippen LogP contribution in [0.25, 0.3) is 66.2 Å². The van der Waals surface area contributed by atoms with Gasteiger partial charge in [0.05, 0.1) is 16.8 Å². The zero-order valence-electron chi connectivity index (χ0n) is 28.5. The second-order valence-corrected chi connectivity index (χ2v) is 15.7. The Morgan fingerprint density at radius 1 is 0.415 bits per heavy atom. The van der Waals surface area contributed by atoms with E-state index < -0.39 is 5.41 Å². The normalized spacial score (nSPS) is 15.2. The van der Waals surface area contributed by atoms with Gasteiger partial charge in [-0.05, 0) is 80.0 Å². The first-order valence-electron chi connectivity index (χ1n) is 17.9. The maximum Gasteiger partial charge on any atom is 0.160 e. The van der Waals surface area contributed by atoms with Gasteiger partial charge in [0.15, 0.2) is 5.82 Å². The van der Waals surface area contributed by atoms with Gasteiger partial charge in [-0.25, -0.2) is 9.97 Å². The van der Waals surface area contributed by atoms with Crippen LogP contribution in [0.5, 0.6) is 0 Å². The van der Waals surface area contributed by atoms with Crippen molar-refractivity contribution in [2.45, 2.75) is 15.2 Å². The Balaban J connectivity index is 1.14. The van der Waals surface area contributed by atoms with Crippen LogP contribution < -0.4 is 0 Å². The van der Waals surface area contributed by atoms with Crippen LogP contribution in [0.1, 0.15) is 22.3 Å². The standard InChI is InChI=1S/C49H30N2S2/c1-3-11-31(12-4-1)32-19-21-33(22-20-32)42-30-43(51-48(50-42)35-13-5-2-6-14-35)36-24-26-45-41(29-36)49(39-17-9-10-18-44(39)53-45)38-16-8-7-15-37(38)46-40(49)25-23-34-27-28-52-47(34)46/h1-30H. The molecule has 2 aromatic heterocycles. The van der Waals surface area contributed by atoms with Crippen molar-refractivity contribution in [2.24, 2.45) is 0 Å². The smallest absolute Gasteiger partial charge is 0.160 e. The molecule has 2 nitrogen and oxygen atoms in total. The highest BCUT2D eigenvalue weighted by Crippen LogP contribution is 2.63. The Labute approximate surface area is 316 Å². The molecule has 9 aromatic rings. The summed E-state index contributed by atoms with van der Waals surface area (Å²) in [4.78, 5) is 13.0. The summed E-state index contributed by atoms with van der Waals surface area (Å²) >= 11 is 3.71. The minimum Gasteiger partial charge on any atom is -0.228 e. The Bertz CT molecular complexity index is 2860. The fourth-order valence-corrected chi connectivity index (χ4v) is 10.6. The van der Waals surface area contributed by atoms with Gasteiger partial charge in [-0.1, -0.05) is 157 Å². The zero-order chi connectivity index (χ0) is 34.9. The molecule has 1 aliphatic carbocycles. The van der Waals surface area contributed by atoms with Crippen LogP contribution in [0, 0.1) is 0 Å². The van der Waals surface area contributed by atoms with Crippen molar-refractivity contribution < 1.29 is 0 Å². The molecule has 0 bridgehead atoms. The highest BCUT2D eigenvalue weighted by atomic mass is 32.2. The predicted molar refractivity (Wildman–Crippen MR) is 221 cm³/mol. The molecule has 11 rings (SSSR count). The average molecular weight is 711 g/mol. The summed E-state index contributed by atoms with van der Waals surface area (Å²) in [6, 6.07) is 63.7. The molecule has 53 heavy (non-hydrogen) atoms. The predicted octanol–water partition coefficient (Wildman–Crippen LogP) is 13.2. The van der Waals surface area contributed by atoms with Gasteiger partial charge in [-0.15, -0.1) is 11.3 Å². The lowest BCUT2D eigenvalue weighted by molar-refractivity contribution is 0.723. The summed E-state index contributed by atoms with van der Waals surface area (Å²) in [5.74, 6) is 0.717. The molecule has 3 heterocycles. The molecule has 2 aliphatic rings. The first kappa shape index (κ1) is 30.5. The molecule has 0 amide bonds. The minimum atomic E-state index is -0.470. The lowest BCUT2D eigenvalue weighted by Gasteiger charge is -2.40. The van der Waals surface area contributed by atoms with Gasteiger partial charge in [-0.3, -0.25) is 0 Å². The summed E-state index contributed by atoms with van der Waals surface area (Å²) in [5.41, 5.74) is 14.9. The third-order valence-electron chi connectivity index (χ3n) is 10.9. The molecule has 1 atom stereocenters. The molecule has 0 saturated carbocycles. The fourth-order valence-electron chi connectivity index (χ4n) is 8.49. The Morgan fingerprint density at radius 3 is 1.85 bits per heavy atom. The number of rotatable bonds is 4. The molecule has 0 N–H and O–H groups in total. The van der Waals surface area contributed by atoms with Crippen LogP contribution in [0.3, 0.4) is 0 Å². The van der Waals surface area contributed by atoms with Crippen molar-refractivity contribution in [3.05, 3.63) is 204 Å². The van der Waals surface area contributed by atoms with Crippen LogP contribution in [-0.4, -0.2) is 9.97 Å². The SMILES string of the molecule is c1ccc(-c2ccc(-c3cc(-c4ccc5c(c4)C4(c6ccccc6S5)c5ccccc5-c5c4ccc4ccsc54)nc(-c4ccccc4)n3)cc2)cc1. The maximum absolute atomic E-state index is 5.28. The molecule has 0 fully saturated rings. The number of nitrogens with zero attached hydrogens (tertiary/aromatic N) is 2. The zero-order valence-corrected chi connectivity index (χ0v) is 30.2. The van der Waals surface area contributed by atoms with Gasteiger partial charge in [-0.2, -0.15) is 0 Å². The first-order chi connectivity index (χ1) is 26.3. The van der Waals surface area contributed by atoms with E-state index in [1.54, 1.807) is 0 Å². The number of thiophene rings is 1. The largest absolute Gasteiger partial charge is 0.228 e. The topological polar surface area (TPSA) is 25.8 Å². The van der Waals surface area contributed by atoms with Gasteiger partial charge < -0.3 is 0 Å². The number of aromatic nitrogens is 2. The number of hydrogen-bond donors (Lipinski definition) is 0. The summed E-state index contributed by atoms with van der Waals surface area (Å²) < 4.78 is 1.35. The molecule has 7 aromatic carbocycles. The summed E-state index contributed by atoms with van der Waals surface area (Å²) in [6.07, 6.45) is 0. The monoisotopic (exact) mass is 710 g/mol.